The number of rotatable bonds is 5. The van der Waals surface area contributed by atoms with Crippen molar-refractivity contribution in [2.24, 2.45) is 5.73 Å². The minimum absolute atomic E-state index is 0.0894. The van der Waals surface area contributed by atoms with Gasteiger partial charge in [-0.2, -0.15) is 0 Å². The van der Waals surface area contributed by atoms with Gasteiger partial charge in [0.1, 0.15) is 11.6 Å². The summed E-state index contributed by atoms with van der Waals surface area (Å²) in [6.07, 6.45) is 0. The summed E-state index contributed by atoms with van der Waals surface area (Å²) in [5.74, 6) is 0.938. The lowest BCUT2D eigenvalue weighted by atomic mass is 10.1. The molecule has 0 fully saturated rings. The first-order valence-corrected chi connectivity index (χ1v) is 6.80. The molecule has 2 aromatic carbocycles. The number of hydrogen-bond acceptors (Lipinski definition) is 3. The summed E-state index contributed by atoms with van der Waals surface area (Å²) in [5.41, 5.74) is 9.73. The maximum atomic E-state index is 7.71. The van der Waals surface area contributed by atoms with Crippen LogP contribution >= 0.6 is 0 Å². The van der Waals surface area contributed by atoms with Crippen LogP contribution in [0.15, 0.2) is 42.5 Å². The third kappa shape index (κ3) is 3.54. The van der Waals surface area contributed by atoms with Crippen molar-refractivity contribution in [3.05, 3.63) is 59.2 Å². The summed E-state index contributed by atoms with van der Waals surface area (Å²) in [7, 11) is 3.67. The summed E-state index contributed by atoms with van der Waals surface area (Å²) in [6.45, 7) is 2.78. The summed E-state index contributed by atoms with van der Waals surface area (Å²) in [4.78, 5) is 2.10. The summed E-state index contributed by atoms with van der Waals surface area (Å²) < 4.78 is 5.17. The van der Waals surface area contributed by atoms with E-state index in [9.17, 15) is 0 Å². The lowest BCUT2D eigenvalue weighted by Crippen LogP contribution is -2.22. The van der Waals surface area contributed by atoms with Gasteiger partial charge in [-0.3, -0.25) is 5.41 Å². The lowest BCUT2D eigenvalue weighted by molar-refractivity contribution is 0.414. The standard InChI is InChI=1S/C17H21N3O/c1-12-4-9-15(17(18)19)16(10-12)20(2)11-13-5-7-14(21-3)8-6-13/h4-10H,11H2,1-3H3,(H3,18,19). The number of amidine groups is 1. The van der Waals surface area contributed by atoms with Crippen molar-refractivity contribution in [3.8, 4) is 5.75 Å². The van der Waals surface area contributed by atoms with E-state index in [2.05, 4.69) is 11.0 Å². The highest BCUT2D eigenvalue weighted by Crippen LogP contribution is 2.23. The van der Waals surface area contributed by atoms with Crippen LogP contribution in [-0.2, 0) is 6.54 Å². The number of nitrogens with two attached hydrogens (primary N) is 1. The predicted octanol–water partition coefficient (Wildman–Crippen LogP) is 2.92. The molecule has 3 N–H and O–H groups in total. The van der Waals surface area contributed by atoms with Gasteiger partial charge in [-0.15, -0.1) is 0 Å². The Morgan fingerprint density at radius 1 is 1.19 bits per heavy atom. The van der Waals surface area contributed by atoms with Crippen molar-refractivity contribution < 1.29 is 4.74 Å². The van der Waals surface area contributed by atoms with Gasteiger partial charge in [-0.1, -0.05) is 18.2 Å². The Balaban J connectivity index is 2.24. The molecule has 110 valence electrons. The van der Waals surface area contributed by atoms with Gasteiger partial charge < -0.3 is 15.4 Å². The second-order valence-corrected chi connectivity index (χ2v) is 5.14. The monoisotopic (exact) mass is 283 g/mol. The molecule has 0 saturated carbocycles. The third-order valence-electron chi connectivity index (χ3n) is 3.43. The Morgan fingerprint density at radius 3 is 2.43 bits per heavy atom. The van der Waals surface area contributed by atoms with Crippen LogP contribution in [-0.4, -0.2) is 20.0 Å². The molecule has 4 heteroatoms. The molecule has 0 aliphatic carbocycles. The maximum absolute atomic E-state index is 7.71. The fraction of sp³-hybridized carbons (Fsp3) is 0.235. The number of hydrogen-bond donors (Lipinski definition) is 2. The fourth-order valence-corrected chi connectivity index (χ4v) is 2.28. The topological polar surface area (TPSA) is 62.3 Å². The minimum Gasteiger partial charge on any atom is -0.497 e. The number of nitrogens with zero attached hydrogens (tertiary/aromatic N) is 1. The molecule has 21 heavy (non-hydrogen) atoms. The van der Waals surface area contributed by atoms with Gasteiger partial charge in [-0.25, -0.2) is 0 Å². The molecule has 4 nitrogen and oxygen atoms in total. The molecule has 0 spiro atoms. The zero-order valence-corrected chi connectivity index (χ0v) is 12.7. The van der Waals surface area contributed by atoms with Gasteiger partial charge in [0, 0.05) is 24.8 Å². The number of nitrogen functional groups attached to an aromatic ring is 1. The Hall–Kier alpha value is -2.49. The molecule has 0 atom stereocenters. The van der Waals surface area contributed by atoms with E-state index in [0.29, 0.717) is 0 Å². The van der Waals surface area contributed by atoms with Crippen LogP contribution in [0.1, 0.15) is 16.7 Å². The number of nitrogens with one attached hydrogen (secondary N) is 1. The van der Waals surface area contributed by atoms with Crippen LogP contribution in [0.5, 0.6) is 5.75 Å². The van der Waals surface area contributed by atoms with E-state index in [4.69, 9.17) is 15.9 Å². The average Bonchev–Trinajstić information content (AvgIpc) is 2.47. The molecule has 0 unspecified atom stereocenters. The van der Waals surface area contributed by atoms with E-state index in [1.165, 1.54) is 5.56 Å². The van der Waals surface area contributed by atoms with E-state index in [1.54, 1.807) is 7.11 Å². The van der Waals surface area contributed by atoms with Crippen molar-refractivity contribution in [1.82, 2.24) is 0 Å². The molecule has 0 heterocycles. The SMILES string of the molecule is COc1ccc(CN(C)c2cc(C)ccc2C(=N)N)cc1. The van der Waals surface area contributed by atoms with E-state index in [1.807, 2.05) is 50.4 Å². The average molecular weight is 283 g/mol. The summed E-state index contributed by atoms with van der Waals surface area (Å²) in [5, 5.41) is 7.71. The molecule has 0 aromatic heterocycles. The zero-order valence-electron chi connectivity index (χ0n) is 12.7. The lowest BCUT2D eigenvalue weighted by Gasteiger charge is -2.23. The highest BCUT2D eigenvalue weighted by Gasteiger charge is 2.10. The first-order valence-electron chi connectivity index (χ1n) is 6.80. The molecule has 0 amide bonds. The molecular weight excluding hydrogens is 262 g/mol. The molecule has 0 aliphatic heterocycles. The highest BCUT2D eigenvalue weighted by molar-refractivity contribution is 6.00. The second-order valence-electron chi connectivity index (χ2n) is 5.14. The molecular formula is C17H21N3O. The molecule has 0 radical (unpaired) electrons. The van der Waals surface area contributed by atoms with E-state index in [-0.39, 0.29) is 5.84 Å². The van der Waals surface area contributed by atoms with E-state index >= 15 is 0 Å². The fourth-order valence-electron chi connectivity index (χ4n) is 2.28. The van der Waals surface area contributed by atoms with Crippen LogP contribution in [0.25, 0.3) is 0 Å². The van der Waals surface area contributed by atoms with Gasteiger partial charge in [0.2, 0.25) is 0 Å². The number of anilines is 1. The predicted molar refractivity (Wildman–Crippen MR) is 87.3 cm³/mol. The first kappa shape index (κ1) is 14.9. The smallest absolute Gasteiger partial charge is 0.124 e. The van der Waals surface area contributed by atoms with Crippen molar-refractivity contribution in [2.45, 2.75) is 13.5 Å². The first-order chi connectivity index (χ1) is 10.0. The molecule has 0 saturated heterocycles. The Morgan fingerprint density at radius 2 is 1.86 bits per heavy atom. The van der Waals surface area contributed by atoms with Crippen molar-refractivity contribution in [3.63, 3.8) is 0 Å². The number of benzene rings is 2. The largest absolute Gasteiger partial charge is 0.497 e. The number of aryl methyl sites for hydroxylation is 1. The van der Waals surface area contributed by atoms with E-state index in [0.717, 1.165) is 29.1 Å². The normalized spacial score (nSPS) is 10.2. The highest BCUT2D eigenvalue weighted by atomic mass is 16.5. The maximum Gasteiger partial charge on any atom is 0.124 e. The van der Waals surface area contributed by atoms with E-state index < -0.39 is 0 Å². The van der Waals surface area contributed by atoms with Crippen molar-refractivity contribution in [1.29, 1.82) is 5.41 Å². The molecule has 0 bridgehead atoms. The van der Waals surface area contributed by atoms with Crippen LogP contribution in [0.2, 0.25) is 0 Å². The quantitative estimate of drug-likeness (QED) is 0.655. The Bertz CT molecular complexity index is 635. The summed E-state index contributed by atoms with van der Waals surface area (Å²) >= 11 is 0. The van der Waals surface area contributed by atoms with Crippen LogP contribution in [0.4, 0.5) is 5.69 Å². The van der Waals surface area contributed by atoms with Gasteiger partial charge in [0.25, 0.3) is 0 Å². The van der Waals surface area contributed by atoms with Crippen LogP contribution in [0, 0.1) is 12.3 Å². The van der Waals surface area contributed by atoms with Crippen molar-refractivity contribution in [2.75, 3.05) is 19.1 Å². The van der Waals surface area contributed by atoms with Gasteiger partial charge in [-0.05, 0) is 42.3 Å². The van der Waals surface area contributed by atoms with Crippen LogP contribution < -0.4 is 15.4 Å². The molecule has 2 rings (SSSR count). The molecule has 0 aliphatic rings. The number of ether oxygens (including phenoxy) is 1. The third-order valence-corrected chi connectivity index (χ3v) is 3.43. The Kier molecular flexibility index (Phi) is 4.48. The van der Waals surface area contributed by atoms with Gasteiger partial charge in [0.05, 0.1) is 7.11 Å². The van der Waals surface area contributed by atoms with Crippen molar-refractivity contribution >= 4 is 11.5 Å². The minimum atomic E-state index is 0.0894. The van der Waals surface area contributed by atoms with Gasteiger partial charge >= 0.3 is 0 Å². The van der Waals surface area contributed by atoms with Gasteiger partial charge in [0.15, 0.2) is 0 Å². The summed E-state index contributed by atoms with van der Waals surface area (Å²) in [6, 6.07) is 13.9. The zero-order chi connectivity index (χ0) is 15.4. The molecule has 2 aromatic rings. The Labute approximate surface area is 125 Å². The second kappa shape index (κ2) is 6.31. The van der Waals surface area contributed by atoms with Crippen LogP contribution in [0.3, 0.4) is 0 Å². The number of methoxy groups -OCH3 is 1.